The molecule has 0 aliphatic rings. The van der Waals surface area contributed by atoms with Gasteiger partial charge in [0.05, 0.1) is 22.9 Å². The summed E-state index contributed by atoms with van der Waals surface area (Å²) in [7, 11) is 0. The van der Waals surface area contributed by atoms with E-state index in [0.29, 0.717) is 6.54 Å². The standard InChI is InChI=1S/C17H17N7/c18-4-1-5-21-17-16-15(19-6-7-20-16)9-14(23-17)11-2-3-13-12(8-11)10-22-24-13/h2-3,6-10H,1,4-5,18H2,(H,21,23)(H,22,24). The van der Waals surface area contributed by atoms with Gasteiger partial charge in [0, 0.05) is 29.9 Å². The topological polar surface area (TPSA) is 105 Å². The van der Waals surface area contributed by atoms with Crippen molar-refractivity contribution in [2.24, 2.45) is 5.73 Å². The fraction of sp³-hybridized carbons (Fsp3) is 0.176. The first-order valence-electron chi connectivity index (χ1n) is 7.84. The van der Waals surface area contributed by atoms with E-state index in [2.05, 4.69) is 31.5 Å². The summed E-state index contributed by atoms with van der Waals surface area (Å²) in [5, 5.41) is 11.4. The predicted octanol–water partition coefficient (Wildman–Crippen LogP) is 2.33. The van der Waals surface area contributed by atoms with Crippen molar-refractivity contribution in [3.8, 4) is 11.3 Å². The van der Waals surface area contributed by atoms with Crippen LogP contribution >= 0.6 is 0 Å². The number of aromatic amines is 1. The van der Waals surface area contributed by atoms with Crippen LogP contribution in [0.15, 0.2) is 42.9 Å². The summed E-state index contributed by atoms with van der Waals surface area (Å²) in [6.45, 7) is 1.38. The van der Waals surface area contributed by atoms with E-state index in [1.165, 1.54) is 0 Å². The summed E-state index contributed by atoms with van der Waals surface area (Å²) >= 11 is 0. The normalized spacial score (nSPS) is 11.2. The third-order valence-electron chi connectivity index (χ3n) is 3.87. The number of pyridine rings is 1. The number of hydrogen-bond donors (Lipinski definition) is 3. The fourth-order valence-corrected chi connectivity index (χ4v) is 2.65. The number of benzene rings is 1. The smallest absolute Gasteiger partial charge is 0.154 e. The van der Waals surface area contributed by atoms with Gasteiger partial charge in [-0.05, 0) is 31.2 Å². The van der Waals surface area contributed by atoms with Gasteiger partial charge in [-0.1, -0.05) is 6.07 Å². The van der Waals surface area contributed by atoms with Gasteiger partial charge in [0.15, 0.2) is 5.82 Å². The Labute approximate surface area is 138 Å². The van der Waals surface area contributed by atoms with Gasteiger partial charge < -0.3 is 11.1 Å². The third-order valence-corrected chi connectivity index (χ3v) is 3.87. The number of rotatable bonds is 5. The van der Waals surface area contributed by atoms with Crippen molar-refractivity contribution in [1.82, 2.24) is 25.1 Å². The Hall–Kier alpha value is -3.06. The molecule has 0 saturated heterocycles. The molecule has 7 nitrogen and oxygen atoms in total. The van der Waals surface area contributed by atoms with Crippen molar-refractivity contribution in [3.05, 3.63) is 42.9 Å². The van der Waals surface area contributed by atoms with Crippen LogP contribution in [0.4, 0.5) is 5.82 Å². The van der Waals surface area contributed by atoms with Crippen molar-refractivity contribution in [2.45, 2.75) is 6.42 Å². The summed E-state index contributed by atoms with van der Waals surface area (Å²) in [6, 6.07) is 8.04. The number of nitrogens with zero attached hydrogens (tertiary/aromatic N) is 4. The first-order valence-corrected chi connectivity index (χ1v) is 7.84. The molecular formula is C17H17N7. The number of nitrogens with one attached hydrogen (secondary N) is 2. The summed E-state index contributed by atoms with van der Waals surface area (Å²) in [5.74, 6) is 0.733. The molecule has 0 spiro atoms. The monoisotopic (exact) mass is 319 g/mol. The molecule has 0 unspecified atom stereocenters. The van der Waals surface area contributed by atoms with Gasteiger partial charge in [-0.2, -0.15) is 5.10 Å². The van der Waals surface area contributed by atoms with E-state index in [9.17, 15) is 0 Å². The maximum Gasteiger partial charge on any atom is 0.154 e. The van der Waals surface area contributed by atoms with E-state index in [0.717, 1.165) is 52.0 Å². The molecule has 1 aromatic carbocycles. The maximum absolute atomic E-state index is 5.57. The highest BCUT2D eigenvalue weighted by Gasteiger charge is 2.10. The van der Waals surface area contributed by atoms with E-state index < -0.39 is 0 Å². The minimum atomic E-state index is 0.632. The van der Waals surface area contributed by atoms with Crippen molar-refractivity contribution in [3.63, 3.8) is 0 Å². The molecule has 4 N–H and O–H groups in total. The Balaban J connectivity index is 1.82. The quantitative estimate of drug-likeness (QED) is 0.488. The highest BCUT2D eigenvalue weighted by Crippen LogP contribution is 2.27. The van der Waals surface area contributed by atoms with Crippen LogP contribution in [0, 0.1) is 0 Å². The van der Waals surface area contributed by atoms with Gasteiger partial charge in [0.25, 0.3) is 0 Å². The largest absolute Gasteiger partial charge is 0.368 e. The lowest BCUT2D eigenvalue weighted by molar-refractivity contribution is 0.871. The highest BCUT2D eigenvalue weighted by atomic mass is 15.1. The molecule has 0 saturated carbocycles. The van der Waals surface area contributed by atoms with Gasteiger partial charge in [-0.25, -0.2) is 9.97 Å². The second-order valence-electron chi connectivity index (χ2n) is 5.52. The second-order valence-corrected chi connectivity index (χ2v) is 5.52. The predicted molar refractivity (Wildman–Crippen MR) is 94.6 cm³/mol. The number of anilines is 1. The first kappa shape index (κ1) is 14.5. The number of nitrogens with two attached hydrogens (primary N) is 1. The Morgan fingerprint density at radius 1 is 1.12 bits per heavy atom. The van der Waals surface area contributed by atoms with Gasteiger partial charge in [-0.15, -0.1) is 0 Å². The zero-order chi connectivity index (χ0) is 16.4. The molecule has 0 bridgehead atoms. The molecule has 120 valence electrons. The SMILES string of the molecule is NCCCNc1nc(-c2ccc3[nH]ncc3c2)cc2nccnc12. The Bertz CT molecular complexity index is 992. The van der Waals surface area contributed by atoms with Crippen LogP contribution in [-0.4, -0.2) is 38.2 Å². The fourth-order valence-electron chi connectivity index (χ4n) is 2.65. The van der Waals surface area contributed by atoms with E-state index in [1.807, 2.05) is 18.2 Å². The summed E-state index contributed by atoms with van der Waals surface area (Å²) < 4.78 is 0. The Morgan fingerprint density at radius 2 is 2.04 bits per heavy atom. The van der Waals surface area contributed by atoms with Crippen LogP contribution in [-0.2, 0) is 0 Å². The maximum atomic E-state index is 5.57. The lowest BCUT2D eigenvalue weighted by Gasteiger charge is -2.10. The molecule has 4 aromatic rings. The summed E-state index contributed by atoms with van der Waals surface area (Å²) in [4.78, 5) is 13.6. The molecule has 0 atom stereocenters. The number of hydrogen-bond acceptors (Lipinski definition) is 6. The van der Waals surface area contributed by atoms with Crippen LogP contribution in [0.25, 0.3) is 33.2 Å². The Kier molecular flexibility index (Phi) is 3.76. The van der Waals surface area contributed by atoms with Crippen LogP contribution in [0.5, 0.6) is 0 Å². The first-order chi connectivity index (χ1) is 11.8. The molecule has 24 heavy (non-hydrogen) atoms. The van der Waals surface area contributed by atoms with Crippen molar-refractivity contribution < 1.29 is 0 Å². The minimum absolute atomic E-state index is 0.632. The molecular weight excluding hydrogens is 302 g/mol. The number of H-pyrrole nitrogens is 1. The third kappa shape index (κ3) is 2.65. The summed E-state index contributed by atoms with van der Waals surface area (Å²) in [5.41, 5.74) is 10.0. The lowest BCUT2D eigenvalue weighted by Crippen LogP contribution is -2.10. The zero-order valence-electron chi connectivity index (χ0n) is 13.0. The minimum Gasteiger partial charge on any atom is -0.368 e. The van der Waals surface area contributed by atoms with Crippen LogP contribution in [0.3, 0.4) is 0 Å². The average molecular weight is 319 g/mol. The average Bonchev–Trinajstić information content (AvgIpc) is 3.09. The molecule has 0 fully saturated rings. The molecule has 4 rings (SSSR count). The van der Waals surface area contributed by atoms with Crippen molar-refractivity contribution in [1.29, 1.82) is 0 Å². The van der Waals surface area contributed by atoms with Crippen LogP contribution < -0.4 is 11.1 Å². The Morgan fingerprint density at radius 3 is 2.96 bits per heavy atom. The number of fused-ring (bicyclic) bond motifs is 2. The van der Waals surface area contributed by atoms with E-state index in [1.54, 1.807) is 18.6 Å². The molecule has 7 heteroatoms. The van der Waals surface area contributed by atoms with Crippen LogP contribution in [0.1, 0.15) is 6.42 Å². The second kappa shape index (κ2) is 6.21. The van der Waals surface area contributed by atoms with Crippen LogP contribution in [0.2, 0.25) is 0 Å². The molecule has 3 aromatic heterocycles. The summed E-state index contributed by atoms with van der Waals surface area (Å²) in [6.07, 6.45) is 6.04. The molecule has 0 aliphatic heterocycles. The van der Waals surface area contributed by atoms with E-state index in [4.69, 9.17) is 10.7 Å². The van der Waals surface area contributed by atoms with Gasteiger partial charge >= 0.3 is 0 Å². The zero-order valence-corrected chi connectivity index (χ0v) is 13.0. The van der Waals surface area contributed by atoms with E-state index >= 15 is 0 Å². The molecule has 3 heterocycles. The van der Waals surface area contributed by atoms with Crippen molar-refractivity contribution >= 4 is 27.8 Å². The van der Waals surface area contributed by atoms with Gasteiger partial charge in [0.2, 0.25) is 0 Å². The van der Waals surface area contributed by atoms with Gasteiger partial charge in [-0.3, -0.25) is 10.1 Å². The number of aromatic nitrogens is 5. The molecule has 0 radical (unpaired) electrons. The van der Waals surface area contributed by atoms with E-state index in [-0.39, 0.29) is 0 Å². The van der Waals surface area contributed by atoms with Crippen molar-refractivity contribution in [2.75, 3.05) is 18.4 Å². The lowest BCUT2D eigenvalue weighted by atomic mass is 10.1. The van der Waals surface area contributed by atoms with Gasteiger partial charge in [0.1, 0.15) is 5.52 Å². The molecule has 0 aliphatic carbocycles. The highest BCUT2D eigenvalue weighted by molar-refractivity contribution is 5.90. The molecule has 0 amide bonds.